The molecule has 88 valence electrons. The highest BCUT2D eigenvalue weighted by molar-refractivity contribution is 5.82. The number of hydrazine groups is 1. The standard InChI is InChI=1S/C11H23N3O/c1-11(2,3)13-10(14-12)8-9-6-4-5-7-15-9/h9H,4-8,12H2,1-3H3,(H,13,14). The summed E-state index contributed by atoms with van der Waals surface area (Å²) < 4.78 is 5.65. The lowest BCUT2D eigenvalue weighted by Crippen LogP contribution is -2.36. The van der Waals surface area contributed by atoms with Crippen LogP contribution in [0.3, 0.4) is 0 Å². The molecule has 3 N–H and O–H groups in total. The molecule has 4 nitrogen and oxygen atoms in total. The highest BCUT2D eigenvalue weighted by Crippen LogP contribution is 2.16. The molecule has 1 fully saturated rings. The lowest BCUT2D eigenvalue weighted by atomic mass is 10.1. The average Bonchev–Trinajstić information content (AvgIpc) is 2.16. The van der Waals surface area contributed by atoms with Crippen molar-refractivity contribution in [3.63, 3.8) is 0 Å². The Kier molecular flexibility index (Phi) is 4.54. The molecule has 0 aromatic heterocycles. The van der Waals surface area contributed by atoms with Crippen LogP contribution in [-0.4, -0.2) is 24.1 Å². The molecule has 0 amide bonds. The van der Waals surface area contributed by atoms with Gasteiger partial charge in [-0.2, -0.15) is 0 Å². The molecule has 1 heterocycles. The molecule has 1 rings (SSSR count). The van der Waals surface area contributed by atoms with Crippen LogP contribution < -0.4 is 11.3 Å². The molecule has 15 heavy (non-hydrogen) atoms. The molecule has 0 spiro atoms. The van der Waals surface area contributed by atoms with E-state index >= 15 is 0 Å². The van der Waals surface area contributed by atoms with E-state index in [4.69, 9.17) is 10.6 Å². The third-order valence-corrected chi connectivity index (χ3v) is 2.33. The summed E-state index contributed by atoms with van der Waals surface area (Å²) in [4.78, 5) is 4.52. The zero-order valence-electron chi connectivity index (χ0n) is 10.0. The largest absolute Gasteiger partial charge is 0.378 e. The summed E-state index contributed by atoms with van der Waals surface area (Å²) in [5.74, 6) is 6.30. The van der Waals surface area contributed by atoms with Crippen LogP contribution in [0.5, 0.6) is 0 Å². The maximum atomic E-state index is 5.65. The van der Waals surface area contributed by atoms with Crippen LogP contribution in [0, 0.1) is 0 Å². The summed E-state index contributed by atoms with van der Waals surface area (Å²) in [6.07, 6.45) is 4.63. The summed E-state index contributed by atoms with van der Waals surface area (Å²) >= 11 is 0. The number of hydrogen-bond acceptors (Lipinski definition) is 3. The minimum absolute atomic E-state index is 0.0869. The van der Waals surface area contributed by atoms with E-state index in [-0.39, 0.29) is 11.6 Å². The van der Waals surface area contributed by atoms with Crippen molar-refractivity contribution in [2.45, 2.75) is 58.1 Å². The smallest absolute Gasteiger partial charge is 0.113 e. The van der Waals surface area contributed by atoms with Crippen molar-refractivity contribution in [3.05, 3.63) is 0 Å². The van der Waals surface area contributed by atoms with Crippen molar-refractivity contribution < 1.29 is 4.74 Å². The summed E-state index contributed by atoms with van der Waals surface area (Å²) in [6, 6.07) is 0. The van der Waals surface area contributed by atoms with E-state index in [9.17, 15) is 0 Å². The van der Waals surface area contributed by atoms with Crippen LogP contribution in [0.4, 0.5) is 0 Å². The van der Waals surface area contributed by atoms with Crippen molar-refractivity contribution in [1.29, 1.82) is 0 Å². The third-order valence-electron chi connectivity index (χ3n) is 2.33. The van der Waals surface area contributed by atoms with Gasteiger partial charge in [0.2, 0.25) is 0 Å². The summed E-state index contributed by atoms with van der Waals surface area (Å²) in [7, 11) is 0. The number of aliphatic imine (C=N–C) groups is 1. The van der Waals surface area contributed by atoms with E-state index in [1.165, 1.54) is 12.8 Å². The molecule has 1 aliphatic rings. The Bertz CT molecular complexity index is 214. The van der Waals surface area contributed by atoms with Crippen LogP contribution in [0.15, 0.2) is 4.99 Å². The average molecular weight is 213 g/mol. The second-order valence-electron chi connectivity index (χ2n) is 5.07. The number of rotatable bonds is 2. The van der Waals surface area contributed by atoms with Gasteiger partial charge in [-0.15, -0.1) is 0 Å². The van der Waals surface area contributed by atoms with Crippen molar-refractivity contribution in [3.8, 4) is 0 Å². The fraction of sp³-hybridized carbons (Fsp3) is 0.909. The molecule has 0 aliphatic carbocycles. The van der Waals surface area contributed by atoms with Gasteiger partial charge in [-0.25, -0.2) is 5.84 Å². The molecule has 1 atom stereocenters. The van der Waals surface area contributed by atoms with Gasteiger partial charge >= 0.3 is 0 Å². The van der Waals surface area contributed by atoms with Crippen molar-refractivity contribution in [2.24, 2.45) is 10.8 Å². The first-order valence-electron chi connectivity index (χ1n) is 5.68. The van der Waals surface area contributed by atoms with Gasteiger partial charge in [-0.3, -0.25) is 4.99 Å². The summed E-state index contributed by atoms with van der Waals surface area (Å²) in [5, 5.41) is 0. The molecule has 4 heteroatoms. The van der Waals surface area contributed by atoms with Gasteiger partial charge in [0.1, 0.15) is 5.84 Å². The lowest BCUT2D eigenvalue weighted by Gasteiger charge is -2.24. The van der Waals surface area contributed by atoms with Crippen LogP contribution >= 0.6 is 0 Å². The molecule has 0 aromatic rings. The Labute approximate surface area is 92.3 Å². The minimum Gasteiger partial charge on any atom is -0.378 e. The zero-order chi connectivity index (χ0) is 11.3. The summed E-state index contributed by atoms with van der Waals surface area (Å²) in [6.45, 7) is 7.06. The van der Waals surface area contributed by atoms with Crippen molar-refractivity contribution >= 4 is 5.84 Å². The van der Waals surface area contributed by atoms with E-state index in [0.717, 1.165) is 25.3 Å². The van der Waals surface area contributed by atoms with Crippen molar-refractivity contribution in [1.82, 2.24) is 5.43 Å². The third kappa shape index (κ3) is 5.14. The molecule has 1 unspecified atom stereocenters. The van der Waals surface area contributed by atoms with Gasteiger partial charge in [-0.05, 0) is 40.0 Å². The minimum atomic E-state index is -0.0869. The highest BCUT2D eigenvalue weighted by atomic mass is 16.5. The lowest BCUT2D eigenvalue weighted by molar-refractivity contribution is 0.0206. The van der Waals surface area contributed by atoms with Crippen LogP contribution in [0.2, 0.25) is 0 Å². The monoisotopic (exact) mass is 213 g/mol. The number of nitrogens with two attached hydrogens (primary N) is 1. The maximum absolute atomic E-state index is 5.65. The van der Waals surface area contributed by atoms with Gasteiger partial charge in [0.15, 0.2) is 0 Å². The Morgan fingerprint density at radius 1 is 1.47 bits per heavy atom. The topological polar surface area (TPSA) is 59.6 Å². The molecule has 0 aromatic carbocycles. The molecular weight excluding hydrogens is 190 g/mol. The Balaban J connectivity index is 2.48. The molecule has 1 aliphatic heterocycles. The zero-order valence-corrected chi connectivity index (χ0v) is 10.0. The number of ether oxygens (including phenoxy) is 1. The fourth-order valence-corrected chi connectivity index (χ4v) is 1.73. The van der Waals surface area contributed by atoms with Crippen molar-refractivity contribution in [2.75, 3.05) is 6.61 Å². The van der Waals surface area contributed by atoms with Crippen LogP contribution in [0.1, 0.15) is 46.5 Å². The van der Waals surface area contributed by atoms with E-state index < -0.39 is 0 Å². The first-order valence-corrected chi connectivity index (χ1v) is 5.68. The Morgan fingerprint density at radius 3 is 2.67 bits per heavy atom. The van der Waals surface area contributed by atoms with Gasteiger partial charge in [0.05, 0.1) is 11.6 Å². The maximum Gasteiger partial charge on any atom is 0.113 e. The second kappa shape index (κ2) is 5.47. The van der Waals surface area contributed by atoms with Crippen LogP contribution in [0.25, 0.3) is 0 Å². The number of nitrogens with zero attached hydrogens (tertiary/aromatic N) is 1. The number of hydrogen-bond donors (Lipinski definition) is 2. The SMILES string of the molecule is CC(C)(C)N=C(CC1CCCCO1)NN. The molecule has 0 saturated carbocycles. The second-order valence-corrected chi connectivity index (χ2v) is 5.07. The van der Waals surface area contributed by atoms with Crippen LogP contribution in [-0.2, 0) is 4.74 Å². The highest BCUT2D eigenvalue weighted by Gasteiger charge is 2.17. The first-order chi connectivity index (χ1) is 7.01. The van der Waals surface area contributed by atoms with Gasteiger partial charge < -0.3 is 10.2 Å². The number of nitrogens with one attached hydrogen (secondary N) is 1. The van der Waals surface area contributed by atoms with E-state index in [2.05, 4.69) is 31.2 Å². The molecular formula is C11H23N3O. The van der Waals surface area contributed by atoms with Gasteiger partial charge in [0.25, 0.3) is 0 Å². The first kappa shape index (κ1) is 12.5. The van der Waals surface area contributed by atoms with Gasteiger partial charge in [-0.1, -0.05) is 0 Å². The number of amidine groups is 1. The van der Waals surface area contributed by atoms with E-state index in [0.29, 0.717) is 0 Å². The molecule has 0 bridgehead atoms. The predicted molar refractivity (Wildman–Crippen MR) is 62.7 cm³/mol. The normalized spacial score (nSPS) is 24.0. The quantitative estimate of drug-likeness (QED) is 0.317. The van der Waals surface area contributed by atoms with E-state index in [1.54, 1.807) is 0 Å². The van der Waals surface area contributed by atoms with Gasteiger partial charge in [0, 0.05) is 13.0 Å². The Hall–Kier alpha value is -0.610. The van der Waals surface area contributed by atoms with E-state index in [1.807, 2.05) is 0 Å². The fourth-order valence-electron chi connectivity index (χ4n) is 1.73. The summed E-state index contributed by atoms with van der Waals surface area (Å²) in [5.41, 5.74) is 2.59. The molecule has 0 radical (unpaired) electrons. The predicted octanol–water partition coefficient (Wildman–Crippen LogP) is 1.61. The molecule has 1 saturated heterocycles. The Morgan fingerprint density at radius 2 is 2.20 bits per heavy atom.